The van der Waals surface area contributed by atoms with E-state index in [1.54, 1.807) is 0 Å². The minimum absolute atomic E-state index is 0.106. The number of amides is 2. The molecule has 5 heteroatoms. The monoisotopic (exact) mass is 253 g/mol. The van der Waals surface area contributed by atoms with Crippen LogP contribution in [0, 0.1) is 0 Å². The Kier molecular flexibility index (Phi) is 3.70. The van der Waals surface area contributed by atoms with Crippen LogP contribution in [-0.4, -0.2) is 67.3 Å². The molecule has 0 spiro atoms. The van der Waals surface area contributed by atoms with Gasteiger partial charge in [-0.05, 0) is 32.2 Å². The van der Waals surface area contributed by atoms with Gasteiger partial charge in [-0.15, -0.1) is 0 Å². The molecule has 18 heavy (non-hydrogen) atoms. The fourth-order valence-corrected chi connectivity index (χ4v) is 3.39. The van der Waals surface area contributed by atoms with E-state index in [2.05, 4.69) is 10.2 Å². The van der Waals surface area contributed by atoms with Gasteiger partial charge in [0.15, 0.2) is 0 Å². The summed E-state index contributed by atoms with van der Waals surface area (Å²) in [5, 5.41) is 3.21. The molecule has 0 aromatic heterocycles. The number of fused-ring (bicyclic) bond motifs is 1. The number of urea groups is 1. The Morgan fingerprint density at radius 2 is 1.94 bits per heavy atom. The van der Waals surface area contributed by atoms with Gasteiger partial charge >= 0.3 is 6.03 Å². The molecule has 3 aliphatic heterocycles. The molecule has 0 aliphatic carbocycles. The molecular weight excluding hydrogens is 230 g/mol. The normalized spacial score (nSPS) is 33.2. The van der Waals surface area contributed by atoms with Gasteiger partial charge in [0.25, 0.3) is 0 Å². The van der Waals surface area contributed by atoms with Gasteiger partial charge in [-0.1, -0.05) is 0 Å². The third kappa shape index (κ3) is 2.62. The molecule has 2 unspecified atom stereocenters. The van der Waals surface area contributed by atoms with Crippen LogP contribution < -0.4 is 5.32 Å². The van der Waals surface area contributed by atoms with Gasteiger partial charge in [0.2, 0.25) is 0 Å². The number of hydrogen-bond acceptors (Lipinski definition) is 3. The van der Waals surface area contributed by atoms with Crippen LogP contribution in [0.1, 0.15) is 25.7 Å². The smallest absolute Gasteiger partial charge is 0.317 e. The standard InChI is InChI=1S/C13H23N3O2/c17-13(16-6-8-18-9-7-16)14-11-3-5-15-4-1-2-12(15)10-11/h11-12H,1-10H2,(H,14,17). The third-order valence-corrected chi connectivity index (χ3v) is 4.45. The molecule has 3 fully saturated rings. The highest BCUT2D eigenvalue weighted by molar-refractivity contribution is 5.74. The molecule has 0 radical (unpaired) electrons. The van der Waals surface area contributed by atoms with E-state index in [4.69, 9.17) is 4.74 Å². The highest BCUT2D eigenvalue weighted by Gasteiger charge is 2.32. The van der Waals surface area contributed by atoms with Crippen molar-refractivity contribution in [2.75, 3.05) is 39.4 Å². The van der Waals surface area contributed by atoms with Crippen LogP contribution in [0.3, 0.4) is 0 Å². The van der Waals surface area contributed by atoms with Crippen LogP contribution in [0.2, 0.25) is 0 Å². The maximum absolute atomic E-state index is 12.1. The Morgan fingerprint density at radius 1 is 1.11 bits per heavy atom. The number of rotatable bonds is 1. The predicted molar refractivity (Wildman–Crippen MR) is 68.5 cm³/mol. The summed E-state index contributed by atoms with van der Waals surface area (Å²) in [6.45, 7) is 5.22. The zero-order chi connectivity index (χ0) is 12.4. The number of piperidine rings is 1. The van der Waals surface area contributed by atoms with E-state index in [1.807, 2.05) is 4.90 Å². The number of carbonyl (C=O) groups excluding carboxylic acids is 1. The first-order valence-electron chi connectivity index (χ1n) is 7.20. The summed E-state index contributed by atoms with van der Waals surface area (Å²) in [5.74, 6) is 0. The Bertz CT molecular complexity index is 305. The molecule has 2 amide bonds. The van der Waals surface area contributed by atoms with Crippen LogP contribution in [0.5, 0.6) is 0 Å². The molecule has 1 N–H and O–H groups in total. The quantitative estimate of drug-likeness (QED) is 0.746. The second kappa shape index (κ2) is 5.45. The number of nitrogens with zero attached hydrogens (tertiary/aromatic N) is 2. The maximum Gasteiger partial charge on any atom is 0.317 e. The van der Waals surface area contributed by atoms with Crippen molar-refractivity contribution < 1.29 is 9.53 Å². The van der Waals surface area contributed by atoms with Crippen LogP contribution in [0.4, 0.5) is 4.79 Å². The lowest BCUT2D eigenvalue weighted by molar-refractivity contribution is 0.0512. The van der Waals surface area contributed by atoms with Crippen molar-refractivity contribution in [1.29, 1.82) is 0 Å². The van der Waals surface area contributed by atoms with E-state index in [-0.39, 0.29) is 6.03 Å². The average molecular weight is 253 g/mol. The van der Waals surface area contributed by atoms with E-state index >= 15 is 0 Å². The topological polar surface area (TPSA) is 44.8 Å². The molecule has 3 saturated heterocycles. The van der Waals surface area contributed by atoms with Crippen LogP contribution in [-0.2, 0) is 4.74 Å². The molecule has 3 heterocycles. The molecular formula is C13H23N3O2. The molecule has 0 saturated carbocycles. The Morgan fingerprint density at radius 3 is 2.78 bits per heavy atom. The SMILES string of the molecule is O=C(NC1CCN2CCCC2C1)N1CCOCC1. The summed E-state index contributed by atoms with van der Waals surface area (Å²) >= 11 is 0. The summed E-state index contributed by atoms with van der Waals surface area (Å²) in [4.78, 5) is 16.6. The number of nitrogens with one attached hydrogen (secondary N) is 1. The largest absolute Gasteiger partial charge is 0.378 e. The fraction of sp³-hybridized carbons (Fsp3) is 0.923. The first kappa shape index (κ1) is 12.2. The molecule has 0 aromatic rings. The maximum atomic E-state index is 12.1. The van der Waals surface area contributed by atoms with E-state index in [0.29, 0.717) is 25.3 Å². The summed E-state index contributed by atoms with van der Waals surface area (Å²) in [7, 11) is 0. The first-order chi connectivity index (χ1) is 8.83. The second-order valence-electron chi connectivity index (χ2n) is 5.60. The summed E-state index contributed by atoms with van der Waals surface area (Å²) < 4.78 is 5.27. The minimum atomic E-state index is 0.106. The highest BCUT2D eigenvalue weighted by Crippen LogP contribution is 2.26. The molecule has 5 nitrogen and oxygen atoms in total. The van der Waals surface area contributed by atoms with E-state index in [0.717, 1.165) is 32.5 Å². The number of carbonyl (C=O) groups is 1. The lowest BCUT2D eigenvalue weighted by atomic mass is 9.98. The lowest BCUT2D eigenvalue weighted by Gasteiger charge is -2.36. The minimum Gasteiger partial charge on any atom is -0.378 e. The van der Waals surface area contributed by atoms with Gasteiger partial charge in [-0.25, -0.2) is 4.79 Å². The lowest BCUT2D eigenvalue weighted by Crippen LogP contribution is -2.53. The van der Waals surface area contributed by atoms with Crippen LogP contribution >= 0.6 is 0 Å². The van der Waals surface area contributed by atoms with E-state index < -0.39 is 0 Å². The number of hydrogen-bond donors (Lipinski definition) is 1. The molecule has 3 rings (SSSR count). The van der Waals surface area contributed by atoms with Gasteiger partial charge < -0.3 is 19.9 Å². The average Bonchev–Trinajstić information content (AvgIpc) is 2.87. The van der Waals surface area contributed by atoms with Crippen molar-refractivity contribution >= 4 is 6.03 Å². The van der Waals surface area contributed by atoms with E-state index in [1.165, 1.54) is 19.4 Å². The number of morpholine rings is 1. The Labute approximate surface area is 108 Å². The Hall–Kier alpha value is -0.810. The van der Waals surface area contributed by atoms with Crippen molar-refractivity contribution in [2.24, 2.45) is 0 Å². The Balaban J connectivity index is 1.48. The molecule has 0 bridgehead atoms. The fourth-order valence-electron chi connectivity index (χ4n) is 3.39. The summed E-state index contributed by atoms with van der Waals surface area (Å²) in [5.41, 5.74) is 0. The van der Waals surface area contributed by atoms with Gasteiger partial charge in [-0.3, -0.25) is 0 Å². The molecule has 0 aromatic carbocycles. The van der Waals surface area contributed by atoms with Gasteiger partial charge in [-0.2, -0.15) is 0 Å². The van der Waals surface area contributed by atoms with Gasteiger partial charge in [0.05, 0.1) is 13.2 Å². The van der Waals surface area contributed by atoms with Crippen molar-refractivity contribution in [3.05, 3.63) is 0 Å². The van der Waals surface area contributed by atoms with Crippen molar-refractivity contribution in [2.45, 2.75) is 37.8 Å². The zero-order valence-corrected chi connectivity index (χ0v) is 10.9. The summed E-state index contributed by atoms with van der Waals surface area (Å²) in [6, 6.07) is 1.20. The van der Waals surface area contributed by atoms with E-state index in [9.17, 15) is 4.79 Å². The zero-order valence-electron chi connectivity index (χ0n) is 10.9. The third-order valence-electron chi connectivity index (χ3n) is 4.45. The molecule has 102 valence electrons. The predicted octanol–water partition coefficient (Wildman–Crippen LogP) is 0.655. The van der Waals surface area contributed by atoms with Gasteiger partial charge in [0.1, 0.15) is 0 Å². The second-order valence-corrected chi connectivity index (χ2v) is 5.60. The number of ether oxygens (including phenoxy) is 1. The van der Waals surface area contributed by atoms with Crippen LogP contribution in [0.15, 0.2) is 0 Å². The van der Waals surface area contributed by atoms with Crippen molar-refractivity contribution in [3.63, 3.8) is 0 Å². The highest BCUT2D eigenvalue weighted by atomic mass is 16.5. The van der Waals surface area contributed by atoms with Crippen LogP contribution in [0.25, 0.3) is 0 Å². The molecule has 2 atom stereocenters. The first-order valence-corrected chi connectivity index (χ1v) is 7.20. The van der Waals surface area contributed by atoms with Gasteiger partial charge in [0, 0.05) is 31.7 Å². The summed E-state index contributed by atoms with van der Waals surface area (Å²) in [6.07, 6.45) is 4.88. The molecule has 3 aliphatic rings. The van der Waals surface area contributed by atoms with Crippen molar-refractivity contribution in [1.82, 2.24) is 15.1 Å². The van der Waals surface area contributed by atoms with Crippen molar-refractivity contribution in [3.8, 4) is 0 Å².